The second kappa shape index (κ2) is 5.23. The van der Waals surface area contributed by atoms with Crippen LogP contribution < -0.4 is 11.5 Å². The molecule has 0 radical (unpaired) electrons. The lowest BCUT2D eigenvalue weighted by molar-refractivity contribution is -0.0524. The van der Waals surface area contributed by atoms with E-state index in [1.807, 2.05) is 0 Å². The molecule has 0 heterocycles. The SMILES string of the molecule is NC(=O)c1ccc(C(N)=O)c(CC23CC4CC(CC(C4)C2)C3)c1O. The molecule has 0 atom stereocenters. The smallest absolute Gasteiger partial charge is 0.252 e. The van der Waals surface area contributed by atoms with Gasteiger partial charge in [0, 0.05) is 11.1 Å². The molecule has 128 valence electrons. The van der Waals surface area contributed by atoms with E-state index in [0.29, 0.717) is 17.5 Å². The molecule has 24 heavy (non-hydrogen) atoms. The van der Waals surface area contributed by atoms with Crippen molar-refractivity contribution >= 4 is 11.8 Å². The van der Waals surface area contributed by atoms with Gasteiger partial charge in [-0.05, 0) is 80.2 Å². The van der Waals surface area contributed by atoms with Crippen LogP contribution in [-0.2, 0) is 6.42 Å². The van der Waals surface area contributed by atoms with Crippen molar-refractivity contribution in [3.05, 3.63) is 28.8 Å². The average Bonchev–Trinajstić information content (AvgIpc) is 2.46. The summed E-state index contributed by atoms with van der Waals surface area (Å²) in [6.07, 6.45) is 8.05. The van der Waals surface area contributed by atoms with Gasteiger partial charge in [-0.15, -0.1) is 0 Å². The van der Waals surface area contributed by atoms with Crippen LogP contribution in [0.15, 0.2) is 12.1 Å². The van der Waals surface area contributed by atoms with Crippen molar-refractivity contribution in [1.29, 1.82) is 0 Å². The summed E-state index contributed by atoms with van der Waals surface area (Å²) in [6, 6.07) is 2.92. The molecule has 5 heteroatoms. The third-order valence-electron chi connectivity index (χ3n) is 6.53. The van der Waals surface area contributed by atoms with E-state index in [4.69, 9.17) is 11.5 Å². The maximum atomic E-state index is 11.8. The van der Waals surface area contributed by atoms with Gasteiger partial charge < -0.3 is 16.6 Å². The largest absolute Gasteiger partial charge is 0.507 e. The molecule has 5 N–H and O–H groups in total. The van der Waals surface area contributed by atoms with Gasteiger partial charge in [0.05, 0.1) is 5.56 Å². The highest BCUT2D eigenvalue weighted by molar-refractivity contribution is 6.00. The van der Waals surface area contributed by atoms with Gasteiger partial charge >= 0.3 is 0 Å². The summed E-state index contributed by atoms with van der Waals surface area (Å²) in [5.74, 6) is 0.908. The molecule has 5 nitrogen and oxygen atoms in total. The molecule has 0 aliphatic heterocycles. The van der Waals surface area contributed by atoms with E-state index < -0.39 is 11.8 Å². The number of primary amides is 2. The van der Waals surface area contributed by atoms with Crippen LogP contribution in [0.25, 0.3) is 0 Å². The Bertz CT molecular complexity index is 690. The molecule has 1 aromatic rings. The number of carbonyl (C=O) groups is 2. The molecule has 0 saturated heterocycles. The van der Waals surface area contributed by atoms with E-state index >= 15 is 0 Å². The first kappa shape index (κ1) is 15.5. The number of carbonyl (C=O) groups excluding carboxylic acids is 2. The molecule has 2 amide bonds. The predicted octanol–water partition coefficient (Wildman–Crippen LogP) is 2.35. The number of benzene rings is 1. The third kappa shape index (κ3) is 2.38. The van der Waals surface area contributed by atoms with Gasteiger partial charge in [-0.1, -0.05) is 0 Å². The number of amides is 2. The van der Waals surface area contributed by atoms with E-state index in [9.17, 15) is 14.7 Å². The highest BCUT2D eigenvalue weighted by atomic mass is 16.3. The van der Waals surface area contributed by atoms with Crippen LogP contribution in [0, 0.1) is 23.2 Å². The van der Waals surface area contributed by atoms with Gasteiger partial charge in [-0.3, -0.25) is 9.59 Å². The molecule has 0 unspecified atom stereocenters. The summed E-state index contributed by atoms with van der Waals surface area (Å²) in [6.45, 7) is 0. The second-order valence-electron chi connectivity index (χ2n) is 8.31. The molecule has 1 aromatic carbocycles. The van der Waals surface area contributed by atoms with Gasteiger partial charge in [0.25, 0.3) is 5.91 Å². The summed E-state index contributed by atoms with van der Waals surface area (Å²) >= 11 is 0. The molecular formula is C19H24N2O3. The first-order chi connectivity index (χ1) is 11.4. The highest BCUT2D eigenvalue weighted by Gasteiger charge is 2.51. The lowest BCUT2D eigenvalue weighted by Crippen LogP contribution is -2.47. The Morgan fingerprint density at radius 2 is 1.42 bits per heavy atom. The Labute approximate surface area is 141 Å². The Morgan fingerprint density at radius 3 is 1.88 bits per heavy atom. The molecule has 0 spiro atoms. The van der Waals surface area contributed by atoms with E-state index in [1.54, 1.807) is 0 Å². The first-order valence-corrected chi connectivity index (χ1v) is 8.81. The van der Waals surface area contributed by atoms with Crippen molar-refractivity contribution in [2.45, 2.75) is 44.9 Å². The van der Waals surface area contributed by atoms with E-state index in [0.717, 1.165) is 37.0 Å². The normalized spacial score (nSPS) is 33.6. The lowest BCUT2D eigenvalue weighted by atomic mass is 9.48. The minimum Gasteiger partial charge on any atom is -0.507 e. The van der Waals surface area contributed by atoms with Crippen molar-refractivity contribution < 1.29 is 14.7 Å². The van der Waals surface area contributed by atoms with E-state index in [1.165, 1.54) is 31.4 Å². The first-order valence-electron chi connectivity index (χ1n) is 8.81. The summed E-state index contributed by atoms with van der Waals surface area (Å²) in [5, 5.41) is 10.6. The average molecular weight is 328 g/mol. The number of hydrogen-bond donors (Lipinski definition) is 3. The standard InChI is InChI=1S/C19H24N2O3/c20-17(23)13-1-2-14(18(21)24)16(22)15(13)9-19-6-10-3-11(7-19)5-12(4-10)8-19/h1-2,10-12,22H,3-9H2,(H2,20,23)(H2,21,24). The summed E-state index contributed by atoms with van der Waals surface area (Å²) < 4.78 is 0. The quantitative estimate of drug-likeness (QED) is 0.789. The predicted molar refractivity (Wildman–Crippen MR) is 89.5 cm³/mol. The molecular weight excluding hydrogens is 304 g/mol. The van der Waals surface area contributed by atoms with Crippen LogP contribution in [-0.4, -0.2) is 16.9 Å². The zero-order valence-electron chi connectivity index (χ0n) is 13.8. The zero-order valence-corrected chi connectivity index (χ0v) is 13.8. The van der Waals surface area contributed by atoms with Gasteiger partial charge in [0.15, 0.2) is 0 Å². The van der Waals surface area contributed by atoms with Crippen LogP contribution >= 0.6 is 0 Å². The Hall–Kier alpha value is -2.04. The monoisotopic (exact) mass is 328 g/mol. The molecule has 4 fully saturated rings. The lowest BCUT2D eigenvalue weighted by Gasteiger charge is -2.57. The third-order valence-corrected chi connectivity index (χ3v) is 6.53. The number of nitrogens with two attached hydrogens (primary N) is 2. The minimum atomic E-state index is -0.685. The van der Waals surface area contributed by atoms with Crippen LogP contribution in [0.3, 0.4) is 0 Å². The van der Waals surface area contributed by atoms with Crippen molar-refractivity contribution in [2.24, 2.45) is 34.6 Å². The molecule has 5 rings (SSSR count). The fourth-order valence-electron chi connectivity index (χ4n) is 6.13. The second-order valence-corrected chi connectivity index (χ2v) is 8.31. The van der Waals surface area contributed by atoms with Crippen LogP contribution in [0.4, 0.5) is 0 Å². The summed E-state index contributed by atoms with van der Waals surface area (Å²) in [4.78, 5) is 23.4. The van der Waals surface area contributed by atoms with Crippen LogP contribution in [0.5, 0.6) is 5.75 Å². The molecule has 4 aliphatic carbocycles. The topological polar surface area (TPSA) is 106 Å². The van der Waals surface area contributed by atoms with Gasteiger partial charge in [-0.25, -0.2) is 0 Å². The van der Waals surface area contributed by atoms with Crippen LogP contribution in [0.1, 0.15) is 64.8 Å². The molecule has 0 aromatic heterocycles. The number of hydrogen-bond acceptors (Lipinski definition) is 3. The number of rotatable bonds is 4. The fourth-order valence-corrected chi connectivity index (χ4v) is 6.13. The zero-order chi connectivity index (χ0) is 17.1. The van der Waals surface area contributed by atoms with Crippen molar-refractivity contribution in [2.75, 3.05) is 0 Å². The minimum absolute atomic E-state index is 0.0692. The van der Waals surface area contributed by atoms with E-state index in [2.05, 4.69) is 0 Å². The maximum Gasteiger partial charge on any atom is 0.252 e. The highest BCUT2D eigenvalue weighted by Crippen LogP contribution is 2.61. The van der Waals surface area contributed by atoms with Gasteiger partial charge in [0.2, 0.25) is 5.91 Å². The molecule has 4 bridgehead atoms. The van der Waals surface area contributed by atoms with Crippen molar-refractivity contribution in [3.63, 3.8) is 0 Å². The van der Waals surface area contributed by atoms with Gasteiger partial charge in [-0.2, -0.15) is 0 Å². The number of phenols is 1. The fraction of sp³-hybridized carbons (Fsp3) is 0.579. The van der Waals surface area contributed by atoms with E-state index in [-0.39, 0.29) is 16.7 Å². The molecule has 4 aliphatic rings. The Kier molecular flexibility index (Phi) is 3.37. The number of aromatic hydroxyl groups is 1. The summed E-state index contributed by atoms with van der Waals surface area (Å²) in [5.41, 5.74) is 11.9. The maximum absolute atomic E-state index is 11.8. The Balaban J connectivity index is 1.75. The van der Waals surface area contributed by atoms with Crippen molar-refractivity contribution in [3.8, 4) is 5.75 Å². The summed E-state index contributed by atoms with van der Waals surface area (Å²) in [7, 11) is 0. The molecule has 4 saturated carbocycles. The van der Waals surface area contributed by atoms with Crippen molar-refractivity contribution in [1.82, 2.24) is 0 Å². The Morgan fingerprint density at radius 1 is 0.958 bits per heavy atom. The van der Waals surface area contributed by atoms with Gasteiger partial charge in [0.1, 0.15) is 5.75 Å². The van der Waals surface area contributed by atoms with Crippen LogP contribution in [0.2, 0.25) is 0 Å².